The second-order valence-corrected chi connectivity index (χ2v) is 4.35. The van der Waals surface area contributed by atoms with Gasteiger partial charge in [-0.3, -0.25) is 4.98 Å². The molecule has 1 aromatic carbocycles. The van der Waals surface area contributed by atoms with Crippen LogP contribution in [-0.2, 0) is 0 Å². The van der Waals surface area contributed by atoms with Crippen LogP contribution in [0.1, 0.15) is 0 Å². The maximum Gasteiger partial charge on any atom is 0.138 e. The van der Waals surface area contributed by atoms with Crippen LogP contribution >= 0.6 is 0 Å². The zero-order valence-corrected chi connectivity index (χ0v) is 10.9. The highest BCUT2D eigenvalue weighted by molar-refractivity contribution is 5.99. The second-order valence-electron chi connectivity index (χ2n) is 4.35. The molecule has 0 aliphatic heterocycles. The molecule has 3 N–H and O–H groups in total. The Morgan fingerprint density at radius 3 is 2.70 bits per heavy atom. The summed E-state index contributed by atoms with van der Waals surface area (Å²) in [5, 5.41) is 9.89. The quantitative estimate of drug-likeness (QED) is 0.756. The minimum atomic E-state index is -0.0614. The summed E-state index contributed by atoms with van der Waals surface area (Å²) in [6.07, 6.45) is 1.71. The van der Waals surface area contributed by atoms with E-state index in [1.54, 1.807) is 10.9 Å². The lowest BCUT2D eigenvalue weighted by atomic mass is 10.2. The van der Waals surface area contributed by atoms with Crippen molar-refractivity contribution < 1.29 is 9.94 Å². The summed E-state index contributed by atoms with van der Waals surface area (Å²) < 4.78 is 1.64. The molecule has 0 saturated heterocycles. The largest absolute Gasteiger partial charge is 0.411 e. The Kier molecular flexibility index (Phi) is 3.26. The van der Waals surface area contributed by atoms with Crippen LogP contribution in [0, 0.1) is 0 Å². The van der Waals surface area contributed by atoms with Crippen LogP contribution in [0.4, 0.5) is 5.69 Å². The lowest BCUT2D eigenvalue weighted by molar-refractivity contribution is 0.0859. The summed E-state index contributed by atoms with van der Waals surface area (Å²) in [6.45, 7) is 0.131. The van der Waals surface area contributed by atoms with Crippen molar-refractivity contribution >= 4 is 16.6 Å². The fourth-order valence-corrected chi connectivity index (χ4v) is 2.25. The fraction of sp³-hybridized carbons (Fsp3) is 0.133. The summed E-state index contributed by atoms with van der Waals surface area (Å²) in [4.78, 5) is 9.95. The van der Waals surface area contributed by atoms with Gasteiger partial charge < -0.3 is 15.7 Å². The number of aromatic nitrogens is 2. The van der Waals surface area contributed by atoms with Crippen molar-refractivity contribution in [2.24, 2.45) is 0 Å². The number of nitrogens with two attached hydrogens (primary N) is 1. The number of rotatable bonds is 4. The Balaban J connectivity index is 2.26. The van der Waals surface area contributed by atoms with Crippen LogP contribution in [0.5, 0.6) is 0 Å². The lowest BCUT2D eigenvalue weighted by Crippen LogP contribution is -2.16. The van der Waals surface area contributed by atoms with Gasteiger partial charge in [-0.2, -0.15) is 4.73 Å². The van der Waals surface area contributed by atoms with E-state index in [4.69, 9.17) is 15.7 Å². The van der Waals surface area contributed by atoms with Crippen LogP contribution in [0.25, 0.3) is 22.3 Å². The van der Waals surface area contributed by atoms with Gasteiger partial charge in [0, 0.05) is 11.6 Å². The van der Waals surface area contributed by atoms with E-state index in [1.807, 2.05) is 42.5 Å². The summed E-state index contributed by atoms with van der Waals surface area (Å²) in [6, 6.07) is 13.3. The number of pyridine rings is 1. The summed E-state index contributed by atoms with van der Waals surface area (Å²) >= 11 is 0. The first-order chi connectivity index (χ1) is 9.83. The molecule has 2 aromatic heterocycles. The highest BCUT2D eigenvalue weighted by atomic mass is 16.7. The Hall–Kier alpha value is -2.53. The minimum Gasteiger partial charge on any atom is -0.411 e. The zero-order chi connectivity index (χ0) is 13.9. The van der Waals surface area contributed by atoms with Gasteiger partial charge in [0.25, 0.3) is 0 Å². The Morgan fingerprint density at radius 1 is 1.15 bits per heavy atom. The van der Waals surface area contributed by atoms with Crippen molar-refractivity contribution in [3.8, 4) is 11.4 Å². The molecular formula is C15H15N3O2. The van der Waals surface area contributed by atoms with Gasteiger partial charge in [-0.05, 0) is 18.2 Å². The second kappa shape index (κ2) is 5.22. The van der Waals surface area contributed by atoms with Gasteiger partial charge >= 0.3 is 0 Å². The van der Waals surface area contributed by atoms with E-state index < -0.39 is 0 Å². The summed E-state index contributed by atoms with van der Waals surface area (Å²) in [5.74, 6) is 0. The number of benzene rings is 1. The maximum atomic E-state index is 8.98. The van der Waals surface area contributed by atoms with Crippen LogP contribution in [0.3, 0.4) is 0 Å². The lowest BCUT2D eigenvalue weighted by Gasteiger charge is -2.11. The molecule has 0 saturated carbocycles. The molecule has 0 aliphatic rings. The van der Waals surface area contributed by atoms with Gasteiger partial charge in [-0.1, -0.05) is 24.3 Å². The number of fused-ring (bicyclic) bond motifs is 1. The third kappa shape index (κ3) is 1.98. The normalized spacial score (nSPS) is 10.8. The number of nitrogen functional groups attached to an aromatic ring is 1. The number of para-hydroxylation sites is 1. The van der Waals surface area contributed by atoms with Crippen molar-refractivity contribution in [3.05, 3.63) is 48.7 Å². The molecule has 0 atom stereocenters. The van der Waals surface area contributed by atoms with Gasteiger partial charge in [-0.15, -0.1) is 0 Å². The molecule has 0 fully saturated rings. The number of anilines is 1. The molecule has 0 radical (unpaired) electrons. The van der Waals surface area contributed by atoms with Crippen LogP contribution in [0.15, 0.2) is 48.7 Å². The number of hydrogen-bond donors (Lipinski definition) is 2. The SMILES string of the molecule is Nc1c(-c2ccccn2)n(OCCO)c2ccccc12. The van der Waals surface area contributed by atoms with Crippen molar-refractivity contribution in [2.75, 3.05) is 18.9 Å². The molecule has 0 spiro atoms. The van der Waals surface area contributed by atoms with Crippen molar-refractivity contribution in [1.82, 2.24) is 9.71 Å². The standard InChI is InChI=1S/C15H15N3O2/c16-14-11-5-1-2-7-13(11)18(20-10-9-19)15(14)12-6-3-4-8-17-12/h1-8,19H,9-10,16H2. The van der Waals surface area contributed by atoms with E-state index in [9.17, 15) is 0 Å². The first kappa shape index (κ1) is 12.5. The van der Waals surface area contributed by atoms with Crippen LogP contribution in [-0.4, -0.2) is 28.0 Å². The summed E-state index contributed by atoms with van der Waals surface area (Å²) in [5.41, 5.74) is 9.17. The molecule has 20 heavy (non-hydrogen) atoms. The molecular weight excluding hydrogens is 254 g/mol. The van der Waals surface area contributed by atoms with Gasteiger partial charge in [0.15, 0.2) is 0 Å². The Morgan fingerprint density at radius 2 is 1.95 bits per heavy atom. The van der Waals surface area contributed by atoms with Gasteiger partial charge in [0.2, 0.25) is 0 Å². The molecule has 0 amide bonds. The highest BCUT2D eigenvalue weighted by Gasteiger charge is 2.18. The first-order valence-electron chi connectivity index (χ1n) is 6.37. The van der Waals surface area contributed by atoms with E-state index in [1.165, 1.54) is 0 Å². The zero-order valence-electron chi connectivity index (χ0n) is 10.9. The van der Waals surface area contributed by atoms with Gasteiger partial charge in [0.05, 0.1) is 23.5 Å². The van der Waals surface area contributed by atoms with Crippen molar-refractivity contribution in [1.29, 1.82) is 0 Å². The number of aliphatic hydroxyl groups excluding tert-OH is 1. The maximum absolute atomic E-state index is 8.98. The minimum absolute atomic E-state index is 0.0614. The van der Waals surface area contributed by atoms with Crippen LogP contribution in [0.2, 0.25) is 0 Å². The molecule has 5 heteroatoms. The third-order valence-corrected chi connectivity index (χ3v) is 3.09. The van der Waals surface area contributed by atoms with E-state index in [2.05, 4.69) is 4.98 Å². The average Bonchev–Trinajstić information content (AvgIpc) is 2.79. The first-order valence-corrected chi connectivity index (χ1v) is 6.37. The van der Waals surface area contributed by atoms with E-state index in [0.29, 0.717) is 11.4 Å². The fourth-order valence-electron chi connectivity index (χ4n) is 2.25. The highest BCUT2D eigenvalue weighted by Crippen LogP contribution is 2.34. The Bertz CT molecular complexity index is 723. The third-order valence-electron chi connectivity index (χ3n) is 3.09. The summed E-state index contributed by atoms with van der Waals surface area (Å²) in [7, 11) is 0. The molecule has 3 aromatic rings. The predicted octanol–water partition coefficient (Wildman–Crippen LogP) is 1.71. The van der Waals surface area contributed by atoms with Gasteiger partial charge in [0.1, 0.15) is 12.3 Å². The predicted molar refractivity (Wildman–Crippen MR) is 78.1 cm³/mol. The average molecular weight is 269 g/mol. The number of hydrogen-bond acceptors (Lipinski definition) is 4. The molecule has 0 aliphatic carbocycles. The van der Waals surface area contributed by atoms with E-state index in [0.717, 1.165) is 16.6 Å². The molecule has 0 unspecified atom stereocenters. The topological polar surface area (TPSA) is 73.3 Å². The molecule has 0 bridgehead atoms. The van der Waals surface area contributed by atoms with E-state index >= 15 is 0 Å². The molecule has 5 nitrogen and oxygen atoms in total. The van der Waals surface area contributed by atoms with Crippen molar-refractivity contribution in [2.45, 2.75) is 0 Å². The molecule has 102 valence electrons. The van der Waals surface area contributed by atoms with Crippen LogP contribution < -0.4 is 10.6 Å². The van der Waals surface area contributed by atoms with E-state index in [-0.39, 0.29) is 13.2 Å². The van der Waals surface area contributed by atoms with Gasteiger partial charge in [-0.25, -0.2) is 0 Å². The Labute approximate surface area is 116 Å². The number of nitrogens with zero attached hydrogens (tertiary/aromatic N) is 2. The number of aliphatic hydroxyl groups is 1. The van der Waals surface area contributed by atoms with Crippen molar-refractivity contribution in [3.63, 3.8) is 0 Å². The molecule has 2 heterocycles. The monoisotopic (exact) mass is 269 g/mol. The molecule has 3 rings (SSSR count). The smallest absolute Gasteiger partial charge is 0.138 e.